The Kier molecular flexibility index (Phi) is 1.90. The minimum atomic E-state index is 0.647. The predicted octanol–water partition coefficient (Wildman–Crippen LogP) is 3.08. The van der Waals surface area contributed by atoms with E-state index in [2.05, 4.69) is 18.7 Å². The van der Waals surface area contributed by atoms with Crippen LogP contribution in [-0.4, -0.2) is 0 Å². The average molecular weight is 169 g/mol. The average Bonchev–Trinajstić information content (AvgIpc) is 3.00. The fraction of sp³-hybridized carbons (Fsp3) is 0.250. The van der Waals surface area contributed by atoms with Gasteiger partial charge in [0.2, 0.25) is 0 Å². The second kappa shape index (κ2) is 3.06. The molecule has 0 spiro atoms. The lowest BCUT2D eigenvalue weighted by Gasteiger charge is -2.02. The van der Waals surface area contributed by atoms with Crippen LogP contribution in [0.15, 0.2) is 24.8 Å². The van der Waals surface area contributed by atoms with Crippen LogP contribution in [0.2, 0.25) is 0 Å². The zero-order valence-electron chi connectivity index (χ0n) is 7.46. The second-order valence-corrected chi connectivity index (χ2v) is 3.44. The van der Waals surface area contributed by atoms with E-state index < -0.39 is 0 Å². The first-order chi connectivity index (χ1) is 6.35. The highest BCUT2D eigenvalue weighted by Crippen LogP contribution is 2.41. The smallest absolute Gasteiger partial charge is 0.0994 e. The van der Waals surface area contributed by atoms with Gasteiger partial charge in [-0.15, -0.1) is 0 Å². The predicted molar refractivity (Wildman–Crippen MR) is 53.2 cm³/mol. The molecule has 0 bridgehead atoms. The zero-order valence-corrected chi connectivity index (χ0v) is 7.46. The van der Waals surface area contributed by atoms with Gasteiger partial charge in [-0.25, -0.2) is 0 Å². The molecule has 0 heterocycles. The van der Waals surface area contributed by atoms with Crippen molar-refractivity contribution in [2.75, 3.05) is 0 Å². The van der Waals surface area contributed by atoms with Gasteiger partial charge >= 0.3 is 0 Å². The summed E-state index contributed by atoms with van der Waals surface area (Å²) < 4.78 is 0. The molecule has 1 aromatic rings. The third kappa shape index (κ3) is 1.48. The first-order valence-corrected chi connectivity index (χ1v) is 4.51. The quantitative estimate of drug-likeness (QED) is 0.667. The summed E-state index contributed by atoms with van der Waals surface area (Å²) in [5.41, 5.74) is 3.06. The molecule has 0 saturated heterocycles. The van der Waals surface area contributed by atoms with Crippen molar-refractivity contribution in [2.45, 2.75) is 18.8 Å². The largest absolute Gasteiger partial charge is 0.192 e. The molecule has 0 atom stereocenters. The van der Waals surface area contributed by atoms with Crippen LogP contribution in [0.1, 0.15) is 35.4 Å². The summed E-state index contributed by atoms with van der Waals surface area (Å²) >= 11 is 0. The van der Waals surface area contributed by atoms with Gasteiger partial charge in [0.05, 0.1) is 11.6 Å². The summed E-state index contributed by atoms with van der Waals surface area (Å²) in [4.78, 5) is 0. The molecule has 1 heteroatoms. The second-order valence-electron chi connectivity index (χ2n) is 3.44. The summed E-state index contributed by atoms with van der Waals surface area (Å²) in [6.07, 6.45) is 4.25. The first kappa shape index (κ1) is 8.07. The normalized spacial score (nSPS) is 15.0. The molecule has 13 heavy (non-hydrogen) atoms. The molecule has 1 aliphatic rings. The molecule has 2 rings (SSSR count). The Morgan fingerprint density at radius 3 is 2.77 bits per heavy atom. The lowest BCUT2D eigenvalue weighted by molar-refractivity contribution is 1.12. The number of rotatable bonds is 2. The molecule has 1 aromatic carbocycles. The van der Waals surface area contributed by atoms with Crippen LogP contribution < -0.4 is 0 Å². The van der Waals surface area contributed by atoms with E-state index in [0.29, 0.717) is 5.92 Å². The lowest BCUT2D eigenvalue weighted by Crippen LogP contribution is -1.87. The van der Waals surface area contributed by atoms with Crippen molar-refractivity contribution in [3.05, 3.63) is 41.5 Å². The van der Waals surface area contributed by atoms with E-state index in [9.17, 15) is 0 Å². The van der Waals surface area contributed by atoms with Gasteiger partial charge in [-0.3, -0.25) is 0 Å². The lowest BCUT2D eigenvalue weighted by atomic mass is 10.0. The Balaban J connectivity index is 2.46. The minimum absolute atomic E-state index is 0.647. The Bertz CT molecular complexity index is 381. The minimum Gasteiger partial charge on any atom is -0.192 e. The molecule has 0 aliphatic heterocycles. The van der Waals surface area contributed by atoms with Crippen LogP contribution >= 0.6 is 0 Å². The highest BCUT2D eigenvalue weighted by molar-refractivity contribution is 5.54. The van der Waals surface area contributed by atoms with Crippen LogP contribution in [0.5, 0.6) is 0 Å². The SMILES string of the molecule is C=Cc1ccc(C2CC2)c(C#N)c1. The van der Waals surface area contributed by atoms with Gasteiger partial charge in [-0.1, -0.05) is 24.8 Å². The van der Waals surface area contributed by atoms with Gasteiger partial charge < -0.3 is 0 Å². The summed E-state index contributed by atoms with van der Waals surface area (Å²) in [6.45, 7) is 3.69. The first-order valence-electron chi connectivity index (χ1n) is 4.51. The van der Waals surface area contributed by atoms with Crippen molar-refractivity contribution in [2.24, 2.45) is 0 Å². The molecular weight excluding hydrogens is 158 g/mol. The maximum atomic E-state index is 8.93. The third-order valence-corrected chi connectivity index (χ3v) is 2.45. The van der Waals surface area contributed by atoms with Crippen molar-refractivity contribution in [3.63, 3.8) is 0 Å². The number of nitriles is 1. The highest BCUT2D eigenvalue weighted by Gasteiger charge is 2.25. The van der Waals surface area contributed by atoms with E-state index in [-0.39, 0.29) is 0 Å². The fourth-order valence-electron chi connectivity index (χ4n) is 1.55. The summed E-state index contributed by atoms with van der Waals surface area (Å²) in [5, 5.41) is 8.93. The maximum Gasteiger partial charge on any atom is 0.0994 e. The molecule has 1 saturated carbocycles. The topological polar surface area (TPSA) is 23.8 Å². The van der Waals surface area contributed by atoms with Crippen molar-refractivity contribution in [1.29, 1.82) is 5.26 Å². The molecule has 0 amide bonds. The zero-order chi connectivity index (χ0) is 9.26. The van der Waals surface area contributed by atoms with Crippen LogP contribution in [0.3, 0.4) is 0 Å². The fourth-order valence-corrected chi connectivity index (χ4v) is 1.55. The molecule has 64 valence electrons. The van der Waals surface area contributed by atoms with Gasteiger partial charge in [0.15, 0.2) is 0 Å². The molecule has 1 aliphatic carbocycles. The molecule has 1 nitrogen and oxygen atoms in total. The van der Waals surface area contributed by atoms with E-state index >= 15 is 0 Å². The number of nitrogens with zero attached hydrogens (tertiary/aromatic N) is 1. The van der Waals surface area contributed by atoms with Gasteiger partial charge in [0.1, 0.15) is 0 Å². The maximum absolute atomic E-state index is 8.93. The number of benzene rings is 1. The van der Waals surface area contributed by atoms with E-state index in [4.69, 9.17) is 5.26 Å². The summed E-state index contributed by atoms with van der Waals surface area (Å²) in [7, 11) is 0. The number of hydrogen-bond donors (Lipinski definition) is 0. The van der Waals surface area contributed by atoms with E-state index in [1.807, 2.05) is 12.1 Å². The Morgan fingerprint density at radius 1 is 1.46 bits per heavy atom. The summed E-state index contributed by atoms with van der Waals surface area (Å²) in [5.74, 6) is 0.647. The molecule has 0 unspecified atom stereocenters. The Morgan fingerprint density at radius 2 is 2.23 bits per heavy atom. The molecule has 0 N–H and O–H groups in total. The van der Waals surface area contributed by atoms with E-state index in [1.165, 1.54) is 18.4 Å². The van der Waals surface area contributed by atoms with E-state index in [0.717, 1.165) is 11.1 Å². The highest BCUT2D eigenvalue weighted by atomic mass is 14.3. The summed E-state index contributed by atoms with van der Waals surface area (Å²) in [6, 6.07) is 8.25. The van der Waals surface area contributed by atoms with Crippen molar-refractivity contribution < 1.29 is 0 Å². The van der Waals surface area contributed by atoms with Crippen LogP contribution in [0.4, 0.5) is 0 Å². The van der Waals surface area contributed by atoms with Crippen LogP contribution in [0, 0.1) is 11.3 Å². The molecule has 1 fully saturated rings. The van der Waals surface area contributed by atoms with E-state index in [1.54, 1.807) is 6.08 Å². The third-order valence-electron chi connectivity index (χ3n) is 2.45. The van der Waals surface area contributed by atoms with Gasteiger partial charge in [0.25, 0.3) is 0 Å². The molecular formula is C12H11N. The van der Waals surface area contributed by atoms with Crippen molar-refractivity contribution in [3.8, 4) is 6.07 Å². The van der Waals surface area contributed by atoms with Gasteiger partial charge in [-0.05, 0) is 36.0 Å². The molecule has 0 radical (unpaired) electrons. The van der Waals surface area contributed by atoms with Crippen molar-refractivity contribution >= 4 is 6.08 Å². The Hall–Kier alpha value is -1.55. The van der Waals surface area contributed by atoms with Crippen LogP contribution in [0.25, 0.3) is 6.08 Å². The van der Waals surface area contributed by atoms with Gasteiger partial charge in [-0.2, -0.15) is 5.26 Å². The van der Waals surface area contributed by atoms with Crippen molar-refractivity contribution in [1.82, 2.24) is 0 Å². The Labute approximate surface area is 78.3 Å². The standard InChI is InChI=1S/C12H11N/c1-2-9-3-6-12(10-4-5-10)11(7-9)8-13/h2-3,6-7,10H,1,4-5H2. The number of hydrogen-bond acceptors (Lipinski definition) is 1. The monoisotopic (exact) mass is 169 g/mol. The van der Waals surface area contributed by atoms with Crippen LogP contribution in [-0.2, 0) is 0 Å². The molecule has 0 aromatic heterocycles. The van der Waals surface area contributed by atoms with Gasteiger partial charge in [0, 0.05) is 0 Å².